The fourth-order valence-electron chi connectivity index (χ4n) is 2.69. The fraction of sp³-hybridized carbons (Fsp3) is 0.818. The van der Waals surface area contributed by atoms with Gasteiger partial charge in [-0.2, -0.15) is 0 Å². The van der Waals surface area contributed by atoms with E-state index in [1.807, 2.05) is 0 Å². The second-order valence-corrected chi connectivity index (χ2v) is 5.37. The van der Waals surface area contributed by atoms with Crippen molar-refractivity contribution in [3.8, 4) is 0 Å². The van der Waals surface area contributed by atoms with Gasteiger partial charge in [0, 0.05) is 5.92 Å². The Balaban J connectivity index is 2.30. The zero-order chi connectivity index (χ0) is 8.98. The van der Waals surface area contributed by atoms with E-state index in [0.29, 0.717) is 11.8 Å². The monoisotopic (exact) mass is 166 g/mol. The molecule has 0 aromatic rings. The highest BCUT2D eigenvalue weighted by Crippen LogP contribution is 2.53. The second kappa shape index (κ2) is 2.14. The minimum atomic E-state index is -0.438. The van der Waals surface area contributed by atoms with E-state index in [9.17, 15) is 5.11 Å². The van der Waals surface area contributed by atoms with Crippen LogP contribution in [0.5, 0.6) is 0 Å². The molecule has 2 rings (SSSR count). The minimum absolute atomic E-state index is 0.0250. The van der Waals surface area contributed by atoms with Crippen LogP contribution in [0.2, 0.25) is 0 Å². The van der Waals surface area contributed by atoms with Crippen molar-refractivity contribution < 1.29 is 5.11 Å². The SMILES string of the molecule is CC(C)(C)[C@]1(O)C[C@H]2C=C[C@@H]1C2. The van der Waals surface area contributed by atoms with E-state index in [1.54, 1.807) is 0 Å². The zero-order valence-corrected chi connectivity index (χ0v) is 8.17. The Labute approximate surface area is 74.5 Å². The van der Waals surface area contributed by atoms with E-state index in [2.05, 4.69) is 32.9 Å². The Kier molecular flexibility index (Phi) is 1.48. The van der Waals surface area contributed by atoms with Gasteiger partial charge in [0.15, 0.2) is 0 Å². The number of aliphatic hydroxyl groups is 1. The summed E-state index contributed by atoms with van der Waals surface area (Å²) >= 11 is 0. The molecule has 0 aromatic carbocycles. The molecule has 0 aromatic heterocycles. The largest absolute Gasteiger partial charge is 0.389 e. The highest BCUT2D eigenvalue weighted by molar-refractivity contribution is 5.19. The Morgan fingerprint density at radius 1 is 1.33 bits per heavy atom. The van der Waals surface area contributed by atoms with Gasteiger partial charge in [-0.25, -0.2) is 0 Å². The van der Waals surface area contributed by atoms with Gasteiger partial charge in [-0.3, -0.25) is 0 Å². The predicted octanol–water partition coefficient (Wildman–Crippen LogP) is 2.36. The van der Waals surface area contributed by atoms with E-state index in [1.165, 1.54) is 6.42 Å². The molecule has 0 aliphatic heterocycles. The van der Waals surface area contributed by atoms with Crippen molar-refractivity contribution in [2.24, 2.45) is 17.3 Å². The van der Waals surface area contributed by atoms with Crippen molar-refractivity contribution in [2.75, 3.05) is 0 Å². The molecule has 0 unspecified atom stereocenters. The lowest BCUT2D eigenvalue weighted by atomic mass is 9.69. The van der Waals surface area contributed by atoms with Crippen LogP contribution in [0.3, 0.4) is 0 Å². The second-order valence-electron chi connectivity index (χ2n) is 5.37. The van der Waals surface area contributed by atoms with Crippen molar-refractivity contribution in [2.45, 2.75) is 39.2 Å². The smallest absolute Gasteiger partial charge is 0.0763 e. The van der Waals surface area contributed by atoms with Gasteiger partial charge in [-0.05, 0) is 24.2 Å². The van der Waals surface area contributed by atoms with Crippen LogP contribution < -0.4 is 0 Å². The maximum absolute atomic E-state index is 10.5. The molecule has 2 bridgehead atoms. The molecule has 0 amide bonds. The molecule has 3 atom stereocenters. The average molecular weight is 166 g/mol. The Hall–Kier alpha value is -0.300. The van der Waals surface area contributed by atoms with Crippen molar-refractivity contribution in [1.29, 1.82) is 0 Å². The third kappa shape index (κ3) is 0.891. The molecule has 1 heteroatoms. The Morgan fingerprint density at radius 2 is 2.00 bits per heavy atom. The van der Waals surface area contributed by atoms with Gasteiger partial charge < -0.3 is 5.11 Å². The summed E-state index contributed by atoms with van der Waals surface area (Å²) in [7, 11) is 0. The molecule has 1 saturated carbocycles. The summed E-state index contributed by atoms with van der Waals surface area (Å²) in [4.78, 5) is 0. The van der Waals surface area contributed by atoms with Gasteiger partial charge in [0.25, 0.3) is 0 Å². The highest BCUT2D eigenvalue weighted by atomic mass is 16.3. The first kappa shape index (κ1) is 8.31. The molecule has 1 fully saturated rings. The molecule has 0 radical (unpaired) electrons. The van der Waals surface area contributed by atoms with E-state index in [0.717, 1.165) is 6.42 Å². The molecule has 12 heavy (non-hydrogen) atoms. The first-order chi connectivity index (χ1) is 5.43. The van der Waals surface area contributed by atoms with Crippen LogP contribution in [0, 0.1) is 17.3 Å². The summed E-state index contributed by atoms with van der Waals surface area (Å²) in [6.45, 7) is 6.42. The lowest BCUT2D eigenvalue weighted by Gasteiger charge is -2.42. The van der Waals surface area contributed by atoms with Crippen LogP contribution in [-0.4, -0.2) is 10.7 Å². The maximum Gasteiger partial charge on any atom is 0.0763 e. The molecular formula is C11H18O. The average Bonchev–Trinajstić information content (AvgIpc) is 2.43. The van der Waals surface area contributed by atoms with Crippen molar-refractivity contribution in [3.63, 3.8) is 0 Å². The standard InChI is InChI=1S/C11H18O/c1-10(2,3)11(12)7-8-4-5-9(11)6-8/h4-5,8-9,12H,6-7H2,1-3H3/t8-,9+,11-/m0/s1. The minimum Gasteiger partial charge on any atom is -0.389 e. The number of hydrogen-bond donors (Lipinski definition) is 1. The van der Waals surface area contributed by atoms with Crippen LogP contribution in [-0.2, 0) is 0 Å². The van der Waals surface area contributed by atoms with Gasteiger partial charge in [0.2, 0.25) is 0 Å². The van der Waals surface area contributed by atoms with Crippen LogP contribution >= 0.6 is 0 Å². The molecule has 0 spiro atoms. The molecular weight excluding hydrogens is 148 g/mol. The summed E-state index contributed by atoms with van der Waals surface area (Å²) < 4.78 is 0. The maximum atomic E-state index is 10.5. The van der Waals surface area contributed by atoms with Gasteiger partial charge in [-0.15, -0.1) is 0 Å². The number of allylic oxidation sites excluding steroid dienone is 1. The zero-order valence-electron chi connectivity index (χ0n) is 8.17. The number of hydrogen-bond acceptors (Lipinski definition) is 1. The van der Waals surface area contributed by atoms with Gasteiger partial charge in [0.1, 0.15) is 0 Å². The highest BCUT2D eigenvalue weighted by Gasteiger charge is 2.53. The van der Waals surface area contributed by atoms with Gasteiger partial charge in [0.05, 0.1) is 5.60 Å². The first-order valence-corrected chi connectivity index (χ1v) is 4.84. The molecule has 1 N–H and O–H groups in total. The van der Waals surface area contributed by atoms with Gasteiger partial charge in [-0.1, -0.05) is 32.9 Å². The van der Waals surface area contributed by atoms with Crippen molar-refractivity contribution >= 4 is 0 Å². The van der Waals surface area contributed by atoms with Crippen LogP contribution in [0.15, 0.2) is 12.2 Å². The molecule has 1 nitrogen and oxygen atoms in total. The van der Waals surface area contributed by atoms with Crippen LogP contribution in [0.1, 0.15) is 33.6 Å². The topological polar surface area (TPSA) is 20.2 Å². The van der Waals surface area contributed by atoms with Crippen molar-refractivity contribution in [3.05, 3.63) is 12.2 Å². The lowest BCUT2D eigenvalue weighted by molar-refractivity contribution is -0.0783. The summed E-state index contributed by atoms with van der Waals surface area (Å²) in [5, 5.41) is 10.5. The van der Waals surface area contributed by atoms with Crippen LogP contribution in [0.4, 0.5) is 0 Å². The summed E-state index contributed by atoms with van der Waals surface area (Å²) in [5.41, 5.74) is -0.413. The third-order valence-electron chi connectivity index (χ3n) is 3.66. The van der Waals surface area contributed by atoms with Gasteiger partial charge >= 0.3 is 0 Å². The molecule has 0 heterocycles. The summed E-state index contributed by atoms with van der Waals surface area (Å²) in [5.74, 6) is 1.07. The normalized spacial score (nSPS) is 45.7. The molecule has 0 saturated heterocycles. The summed E-state index contributed by atoms with van der Waals surface area (Å²) in [6, 6.07) is 0. The Bertz CT molecular complexity index is 224. The van der Waals surface area contributed by atoms with E-state index >= 15 is 0 Å². The van der Waals surface area contributed by atoms with E-state index in [4.69, 9.17) is 0 Å². The van der Waals surface area contributed by atoms with E-state index in [-0.39, 0.29) is 5.41 Å². The van der Waals surface area contributed by atoms with E-state index < -0.39 is 5.60 Å². The van der Waals surface area contributed by atoms with Crippen molar-refractivity contribution in [1.82, 2.24) is 0 Å². The first-order valence-electron chi connectivity index (χ1n) is 4.84. The lowest BCUT2D eigenvalue weighted by Crippen LogP contribution is -2.46. The predicted molar refractivity (Wildman–Crippen MR) is 49.8 cm³/mol. The molecule has 68 valence electrons. The number of rotatable bonds is 0. The summed E-state index contributed by atoms with van der Waals surface area (Å²) in [6.07, 6.45) is 6.62. The molecule has 2 aliphatic rings. The fourth-order valence-corrected chi connectivity index (χ4v) is 2.69. The Morgan fingerprint density at radius 3 is 2.25 bits per heavy atom. The third-order valence-corrected chi connectivity index (χ3v) is 3.66. The quantitative estimate of drug-likeness (QED) is 0.548. The van der Waals surface area contributed by atoms with Crippen LogP contribution in [0.25, 0.3) is 0 Å². The molecule has 2 aliphatic carbocycles. The number of fused-ring (bicyclic) bond motifs is 2.